The molecule has 0 aromatic carbocycles. The first kappa shape index (κ1) is 32.7. The number of hydrogen-bond acceptors (Lipinski definition) is 6. The molecule has 2 aromatic rings. The molecule has 0 amide bonds. The second kappa shape index (κ2) is 16.6. The summed E-state index contributed by atoms with van der Waals surface area (Å²) >= 11 is -1.70. The molecule has 220 valence electrons. The number of hydrogen-bond donors (Lipinski definition) is 0. The van der Waals surface area contributed by atoms with Crippen molar-refractivity contribution in [3.8, 4) is 5.88 Å². The predicted octanol–water partition coefficient (Wildman–Crippen LogP) is 8.75. The van der Waals surface area contributed by atoms with Crippen molar-refractivity contribution in [1.82, 2.24) is 15.0 Å². The Morgan fingerprint density at radius 1 is 0.872 bits per heavy atom. The number of pyridine rings is 1. The van der Waals surface area contributed by atoms with Crippen molar-refractivity contribution in [2.75, 3.05) is 30.9 Å². The number of unbranched alkanes of at least 4 members (excludes halogenated alkanes) is 5. The van der Waals surface area contributed by atoms with Gasteiger partial charge in [0.2, 0.25) is 0 Å². The first-order valence-corrected chi connectivity index (χ1v) is 24.5. The van der Waals surface area contributed by atoms with E-state index in [4.69, 9.17) is 19.7 Å². The van der Waals surface area contributed by atoms with Gasteiger partial charge in [-0.3, -0.25) is 0 Å². The number of ether oxygens (including phenoxy) is 1. The van der Waals surface area contributed by atoms with Gasteiger partial charge in [-0.25, -0.2) is 0 Å². The standard InChI is InChI=1S/C19H26FN4OS.3C4H9.Sn/c1-4-6-7-8-13-11-24(9-5-2)17-15-16(22-19(23-17)26-3)14(20)10-21-18(15)25-12-13;3*1-3-4-2;/h13H,4-9,11-12H2,1-3H3;3*1,3-4H2,2H3;. The van der Waals surface area contributed by atoms with E-state index in [0.29, 0.717) is 34.5 Å². The summed E-state index contributed by atoms with van der Waals surface area (Å²) < 4.78 is 27.8. The van der Waals surface area contributed by atoms with Crippen molar-refractivity contribution in [1.29, 1.82) is 0 Å². The van der Waals surface area contributed by atoms with Gasteiger partial charge in [0.15, 0.2) is 0 Å². The maximum absolute atomic E-state index is 16.9. The Balaban J connectivity index is 2.26. The van der Waals surface area contributed by atoms with E-state index in [2.05, 4.69) is 39.5 Å². The van der Waals surface area contributed by atoms with Gasteiger partial charge in [0.25, 0.3) is 0 Å². The van der Waals surface area contributed by atoms with Crippen LogP contribution >= 0.6 is 11.8 Å². The van der Waals surface area contributed by atoms with Crippen LogP contribution in [0.5, 0.6) is 5.88 Å². The Labute approximate surface area is 245 Å². The van der Waals surface area contributed by atoms with Crippen LogP contribution in [-0.2, 0) is 0 Å². The van der Waals surface area contributed by atoms with Crippen LogP contribution in [0.15, 0.2) is 5.16 Å². The molecule has 0 spiro atoms. The fraction of sp³-hybridized carbons (Fsp3) is 0.774. The molecule has 3 heterocycles. The van der Waals surface area contributed by atoms with E-state index < -0.39 is 18.4 Å². The van der Waals surface area contributed by atoms with E-state index in [-0.39, 0.29) is 5.82 Å². The van der Waals surface area contributed by atoms with Crippen LogP contribution in [-0.4, -0.2) is 59.3 Å². The molecular formula is C31H53FN4OSSn. The van der Waals surface area contributed by atoms with Crippen molar-refractivity contribution in [2.45, 2.75) is 124 Å². The van der Waals surface area contributed by atoms with Crippen LogP contribution in [0.4, 0.5) is 10.2 Å². The van der Waals surface area contributed by atoms with Crippen LogP contribution in [0.25, 0.3) is 10.9 Å². The van der Waals surface area contributed by atoms with Crippen LogP contribution in [0.2, 0.25) is 13.3 Å². The fourth-order valence-corrected chi connectivity index (χ4v) is 22.1. The number of thioether (sulfide) groups is 1. The van der Waals surface area contributed by atoms with E-state index >= 15 is 4.39 Å². The van der Waals surface area contributed by atoms with Crippen LogP contribution in [0, 0.1) is 11.7 Å². The number of rotatable bonds is 17. The molecule has 1 atom stereocenters. The molecule has 8 heteroatoms. The van der Waals surface area contributed by atoms with Crippen LogP contribution in [0.1, 0.15) is 105 Å². The third-order valence-corrected chi connectivity index (χ3v) is 24.0. The normalized spacial score (nSPS) is 15.9. The average molecular weight is 668 g/mol. The zero-order valence-corrected chi connectivity index (χ0v) is 29.3. The molecule has 39 heavy (non-hydrogen) atoms. The quantitative estimate of drug-likeness (QED) is 0.0728. The first-order valence-electron chi connectivity index (χ1n) is 15.8. The van der Waals surface area contributed by atoms with Gasteiger partial charge in [0.05, 0.1) is 0 Å². The van der Waals surface area contributed by atoms with Gasteiger partial charge in [0, 0.05) is 0 Å². The zero-order chi connectivity index (χ0) is 28.3. The van der Waals surface area contributed by atoms with Crippen LogP contribution < -0.4 is 13.3 Å². The SMILES string of the molecule is CCCCCC1COc2n[c]([Sn]([CH2]CCC)([CH2]CCC)[CH2]CCC)c(F)c3nc(SC)nc(c23)N(CCC)C1. The number of aromatic nitrogens is 3. The molecule has 0 bridgehead atoms. The van der Waals surface area contributed by atoms with Gasteiger partial charge in [-0.05, 0) is 0 Å². The number of halogens is 1. The minimum atomic E-state index is -3.20. The van der Waals surface area contributed by atoms with Gasteiger partial charge >= 0.3 is 247 Å². The fourth-order valence-electron chi connectivity index (χ4n) is 6.13. The van der Waals surface area contributed by atoms with E-state index in [1.165, 1.54) is 31.0 Å². The van der Waals surface area contributed by atoms with E-state index in [1.807, 2.05) is 6.26 Å². The maximum atomic E-state index is 16.9. The topological polar surface area (TPSA) is 51.1 Å². The molecule has 0 radical (unpaired) electrons. The van der Waals surface area contributed by atoms with Crippen molar-refractivity contribution in [2.24, 2.45) is 5.92 Å². The molecule has 3 rings (SSSR count). The molecule has 1 aliphatic heterocycles. The Morgan fingerprint density at radius 3 is 2.08 bits per heavy atom. The van der Waals surface area contributed by atoms with Crippen molar-refractivity contribution in [3.63, 3.8) is 0 Å². The Bertz CT molecular complexity index is 1020. The van der Waals surface area contributed by atoms with E-state index in [0.717, 1.165) is 87.3 Å². The molecule has 0 fully saturated rings. The Kier molecular flexibility index (Phi) is 13.9. The second-order valence-corrected chi connectivity index (χ2v) is 25.3. The molecule has 2 aromatic heterocycles. The van der Waals surface area contributed by atoms with Gasteiger partial charge in [0.1, 0.15) is 0 Å². The molecule has 0 N–H and O–H groups in total. The summed E-state index contributed by atoms with van der Waals surface area (Å²) in [6.07, 6.45) is 14.7. The van der Waals surface area contributed by atoms with Crippen molar-refractivity contribution in [3.05, 3.63) is 5.82 Å². The second-order valence-electron chi connectivity index (χ2n) is 11.5. The number of nitrogens with zero attached hydrogens (tertiary/aromatic N) is 4. The van der Waals surface area contributed by atoms with Crippen LogP contribution in [0.3, 0.4) is 0 Å². The monoisotopic (exact) mass is 668 g/mol. The summed E-state index contributed by atoms with van der Waals surface area (Å²) in [4.78, 5) is 17.4. The van der Waals surface area contributed by atoms with Gasteiger partial charge in [-0.1, -0.05) is 0 Å². The summed E-state index contributed by atoms with van der Waals surface area (Å²) in [5.41, 5.74) is 0.445. The third kappa shape index (κ3) is 8.14. The Morgan fingerprint density at radius 2 is 1.51 bits per heavy atom. The zero-order valence-electron chi connectivity index (χ0n) is 25.6. The first-order chi connectivity index (χ1) is 19.0. The summed E-state index contributed by atoms with van der Waals surface area (Å²) in [6, 6.07) is 0. The number of anilines is 1. The van der Waals surface area contributed by atoms with E-state index in [1.54, 1.807) is 0 Å². The predicted molar refractivity (Wildman–Crippen MR) is 169 cm³/mol. The van der Waals surface area contributed by atoms with E-state index in [9.17, 15) is 0 Å². The van der Waals surface area contributed by atoms with Crippen molar-refractivity contribution < 1.29 is 9.13 Å². The molecule has 0 aliphatic carbocycles. The Hall–Kier alpha value is -0.831. The molecule has 5 nitrogen and oxygen atoms in total. The molecular weight excluding hydrogens is 614 g/mol. The molecule has 1 aliphatic rings. The molecule has 0 saturated carbocycles. The summed E-state index contributed by atoms with van der Waals surface area (Å²) in [7, 11) is 0. The molecule has 0 saturated heterocycles. The minimum absolute atomic E-state index is 0.160. The average Bonchev–Trinajstić information content (AvgIpc) is 2.95. The summed E-state index contributed by atoms with van der Waals surface area (Å²) in [5.74, 6) is 1.65. The van der Waals surface area contributed by atoms with Gasteiger partial charge in [-0.2, -0.15) is 0 Å². The summed E-state index contributed by atoms with van der Waals surface area (Å²) in [5, 5.41) is 1.33. The van der Waals surface area contributed by atoms with Gasteiger partial charge in [-0.15, -0.1) is 0 Å². The van der Waals surface area contributed by atoms with Gasteiger partial charge < -0.3 is 0 Å². The van der Waals surface area contributed by atoms with Crippen molar-refractivity contribution >= 4 is 50.6 Å². The molecule has 1 unspecified atom stereocenters. The third-order valence-electron chi connectivity index (χ3n) is 8.37. The summed E-state index contributed by atoms with van der Waals surface area (Å²) in [6.45, 7) is 13.6.